The molecule has 0 aliphatic heterocycles. The van der Waals surface area contributed by atoms with Gasteiger partial charge in [-0.15, -0.1) is 0 Å². The molecule has 0 aromatic carbocycles. The van der Waals surface area contributed by atoms with Gasteiger partial charge < -0.3 is 0 Å². The minimum absolute atomic E-state index is 0.823. The maximum atomic E-state index is 2.57. The Morgan fingerprint density at radius 3 is 1.38 bits per heavy atom. The summed E-state index contributed by atoms with van der Waals surface area (Å²) in [4.78, 5) is 0. The van der Waals surface area contributed by atoms with Crippen molar-refractivity contribution >= 4 is 8.29 Å². The zero-order valence-corrected chi connectivity index (χ0v) is 11.8. The Labute approximate surface area is 84.7 Å². The molecule has 0 amide bonds. The highest BCUT2D eigenvalue weighted by Crippen LogP contribution is 2.84. The first kappa shape index (κ1) is 13.4. The molecular weight excluding hydrogens is 176 g/mol. The van der Waals surface area contributed by atoms with Gasteiger partial charge in [0, 0.05) is 0 Å². The maximum absolute atomic E-state index is 2.57. The fourth-order valence-corrected chi connectivity index (χ4v) is 6.22. The third-order valence-electron chi connectivity index (χ3n) is 4.37. The molecule has 84 valence electrons. The standard InChI is InChI=1S/C12H30S/c1-9-13(6,7,8,12(4)5)10-11(2)3/h11-12H,9-10H2,1-8H3. The molecule has 0 aliphatic rings. The quantitative estimate of drug-likeness (QED) is 0.656. The molecule has 0 atom stereocenters. The molecule has 0 spiro atoms. The fourth-order valence-electron chi connectivity index (χ4n) is 2.07. The minimum Gasteiger partial charge on any atom is -0.279 e. The molecule has 0 rings (SSSR count). The molecule has 0 aliphatic carbocycles. The van der Waals surface area contributed by atoms with Gasteiger partial charge in [-0.05, 0) is 41.4 Å². The molecule has 0 saturated heterocycles. The second-order valence-electron chi connectivity index (χ2n) is 7.10. The molecule has 13 heavy (non-hydrogen) atoms. The van der Waals surface area contributed by atoms with Crippen molar-refractivity contribution in [1.82, 2.24) is 0 Å². The number of rotatable bonds is 4. The van der Waals surface area contributed by atoms with Crippen molar-refractivity contribution in [2.24, 2.45) is 5.92 Å². The van der Waals surface area contributed by atoms with E-state index in [0.29, 0.717) is 0 Å². The molecule has 0 radical (unpaired) electrons. The molecule has 0 bridgehead atoms. The Kier molecular flexibility index (Phi) is 3.00. The zero-order valence-electron chi connectivity index (χ0n) is 11.0. The van der Waals surface area contributed by atoms with Crippen LogP contribution < -0.4 is 0 Å². The summed E-state index contributed by atoms with van der Waals surface area (Å²) in [7, 11) is -1.77. The summed E-state index contributed by atoms with van der Waals surface area (Å²) in [5, 5.41) is 0.826. The van der Waals surface area contributed by atoms with E-state index in [2.05, 4.69) is 53.4 Å². The smallest absolute Gasteiger partial charge is 0.0282 e. The van der Waals surface area contributed by atoms with Gasteiger partial charge in [-0.3, -0.25) is 8.29 Å². The van der Waals surface area contributed by atoms with Crippen LogP contribution in [0.3, 0.4) is 0 Å². The zero-order chi connectivity index (χ0) is 11.0. The highest BCUT2D eigenvalue weighted by Gasteiger charge is 2.49. The van der Waals surface area contributed by atoms with E-state index in [1.165, 1.54) is 11.5 Å². The van der Waals surface area contributed by atoms with Gasteiger partial charge in [-0.1, -0.05) is 34.6 Å². The van der Waals surface area contributed by atoms with Gasteiger partial charge in [-0.2, -0.15) is 0 Å². The van der Waals surface area contributed by atoms with Gasteiger partial charge in [0.2, 0.25) is 0 Å². The summed E-state index contributed by atoms with van der Waals surface area (Å²) >= 11 is 0. The van der Waals surface area contributed by atoms with Crippen molar-refractivity contribution in [2.45, 2.75) is 39.9 Å². The molecule has 0 aromatic heterocycles. The molecule has 0 aromatic rings. The van der Waals surface area contributed by atoms with Crippen LogP contribution in [0.15, 0.2) is 0 Å². The molecule has 0 fully saturated rings. The van der Waals surface area contributed by atoms with E-state index in [1.54, 1.807) is 0 Å². The van der Waals surface area contributed by atoms with Crippen LogP contribution in [0.5, 0.6) is 0 Å². The highest BCUT2D eigenvalue weighted by molar-refractivity contribution is 8.63. The maximum Gasteiger partial charge on any atom is -0.0282 e. The largest absolute Gasteiger partial charge is 0.279 e. The van der Waals surface area contributed by atoms with Gasteiger partial charge >= 0.3 is 0 Å². The van der Waals surface area contributed by atoms with Crippen molar-refractivity contribution in [3.05, 3.63) is 0 Å². The summed E-state index contributed by atoms with van der Waals surface area (Å²) in [6.45, 7) is 11.9. The lowest BCUT2D eigenvalue weighted by Gasteiger charge is -2.76. The molecule has 1 heteroatoms. The third kappa shape index (κ3) is 2.65. The average molecular weight is 206 g/mol. The molecular formula is C12H30S. The number of hydrogen-bond acceptors (Lipinski definition) is 0. The van der Waals surface area contributed by atoms with Crippen molar-refractivity contribution in [3.8, 4) is 0 Å². The Balaban J connectivity index is 5.17. The van der Waals surface area contributed by atoms with Crippen molar-refractivity contribution in [3.63, 3.8) is 0 Å². The second kappa shape index (κ2) is 2.92. The topological polar surface area (TPSA) is 0 Å². The van der Waals surface area contributed by atoms with Crippen LogP contribution in [0.4, 0.5) is 0 Å². The van der Waals surface area contributed by atoms with Crippen LogP contribution in [0, 0.1) is 5.92 Å². The predicted octanol–water partition coefficient (Wildman–Crippen LogP) is 3.84. The highest BCUT2D eigenvalue weighted by atomic mass is 32.4. The fraction of sp³-hybridized carbons (Fsp3) is 1.00. The molecule has 0 nitrogen and oxygen atoms in total. The SMILES string of the molecule is CCS(C)(C)(C)(CC(C)C)C(C)C. The summed E-state index contributed by atoms with van der Waals surface area (Å²) in [6.07, 6.45) is 7.72. The van der Waals surface area contributed by atoms with Gasteiger partial charge in [0.25, 0.3) is 0 Å². The van der Waals surface area contributed by atoms with Crippen LogP contribution in [0.2, 0.25) is 0 Å². The second-order valence-corrected chi connectivity index (χ2v) is 17.4. The molecule has 0 saturated carbocycles. The lowest BCUT2D eigenvalue weighted by Crippen LogP contribution is -2.47. The predicted molar refractivity (Wildman–Crippen MR) is 70.7 cm³/mol. The first-order valence-corrected chi connectivity index (χ1v) is 9.54. The van der Waals surface area contributed by atoms with E-state index in [4.69, 9.17) is 0 Å². The molecule has 0 N–H and O–H groups in total. The van der Waals surface area contributed by atoms with Crippen LogP contribution in [-0.2, 0) is 0 Å². The average Bonchev–Trinajstić information content (AvgIpc) is 1.84. The van der Waals surface area contributed by atoms with Crippen LogP contribution in [0.25, 0.3) is 0 Å². The van der Waals surface area contributed by atoms with Gasteiger partial charge in [0.1, 0.15) is 0 Å². The molecule has 0 unspecified atom stereocenters. The number of hydrogen-bond donors (Lipinski definition) is 0. The summed E-state index contributed by atoms with van der Waals surface area (Å²) in [5.74, 6) is 3.59. The monoisotopic (exact) mass is 206 g/mol. The van der Waals surface area contributed by atoms with Crippen molar-refractivity contribution in [1.29, 1.82) is 0 Å². The summed E-state index contributed by atoms with van der Waals surface area (Å²) in [5.41, 5.74) is 0. The van der Waals surface area contributed by atoms with E-state index in [-0.39, 0.29) is 0 Å². The van der Waals surface area contributed by atoms with Gasteiger partial charge in [0.15, 0.2) is 0 Å². The Bertz CT molecular complexity index is 190. The Hall–Kier alpha value is 0.350. The lowest BCUT2D eigenvalue weighted by molar-refractivity contribution is 0.731. The van der Waals surface area contributed by atoms with Gasteiger partial charge in [0.05, 0.1) is 0 Å². The summed E-state index contributed by atoms with van der Waals surface area (Å²) < 4.78 is 0. The van der Waals surface area contributed by atoms with E-state index in [9.17, 15) is 0 Å². The Morgan fingerprint density at radius 2 is 1.31 bits per heavy atom. The van der Waals surface area contributed by atoms with Crippen LogP contribution in [-0.4, -0.2) is 35.5 Å². The Morgan fingerprint density at radius 1 is 0.923 bits per heavy atom. The van der Waals surface area contributed by atoms with Crippen molar-refractivity contribution in [2.75, 3.05) is 30.3 Å². The first-order valence-electron chi connectivity index (χ1n) is 5.46. The van der Waals surface area contributed by atoms with E-state index < -0.39 is 8.29 Å². The normalized spacial score (nSPS) is 18.9. The molecule has 0 heterocycles. The van der Waals surface area contributed by atoms with Crippen molar-refractivity contribution < 1.29 is 0 Å². The van der Waals surface area contributed by atoms with E-state index in [1.807, 2.05) is 0 Å². The van der Waals surface area contributed by atoms with E-state index in [0.717, 1.165) is 11.2 Å². The first-order chi connectivity index (χ1) is 5.46. The van der Waals surface area contributed by atoms with Crippen LogP contribution in [0.1, 0.15) is 34.6 Å². The summed E-state index contributed by atoms with van der Waals surface area (Å²) in [6, 6.07) is 0. The third-order valence-corrected chi connectivity index (χ3v) is 13.1. The van der Waals surface area contributed by atoms with Crippen LogP contribution >= 0.6 is 8.29 Å². The van der Waals surface area contributed by atoms with E-state index >= 15 is 0 Å². The minimum atomic E-state index is -1.77. The lowest BCUT2D eigenvalue weighted by atomic mass is 10.3. The van der Waals surface area contributed by atoms with Gasteiger partial charge in [-0.25, -0.2) is 0 Å².